The third kappa shape index (κ3) is 15.6. The number of methoxy groups -OCH3 is 1. The van der Waals surface area contributed by atoms with Gasteiger partial charge >= 0.3 is 0 Å². The molecule has 11 fully saturated rings. The topological polar surface area (TPSA) is 18.5 Å². The lowest BCUT2D eigenvalue weighted by molar-refractivity contribution is -0.122. The lowest BCUT2D eigenvalue weighted by atomic mass is 9.62. The average molecular weight is 1180 g/mol. The van der Waals surface area contributed by atoms with E-state index in [-0.39, 0.29) is 0 Å². The van der Waals surface area contributed by atoms with Crippen LogP contribution in [0.15, 0.2) is 24.3 Å². The molecule has 2 nitrogen and oxygen atoms in total. The summed E-state index contributed by atoms with van der Waals surface area (Å²) in [6.07, 6.45) is 91.6. The summed E-state index contributed by atoms with van der Waals surface area (Å²) in [5, 5.41) is 0. The van der Waals surface area contributed by atoms with Crippen molar-refractivity contribution in [2.75, 3.05) is 13.7 Å². The van der Waals surface area contributed by atoms with Crippen molar-refractivity contribution in [1.29, 1.82) is 0 Å². The van der Waals surface area contributed by atoms with Crippen LogP contribution >= 0.6 is 0 Å². The molecule has 4 heteroatoms. The summed E-state index contributed by atoms with van der Waals surface area (Å²) in [6, 6.07) is 0. The van der Waals surface area contributed by atoms with Crippen LogP contribution in [0.2, 0.25) is 44.3 Å². The molecule has 0 spiro atoms. The van der Waals surface area contributed by atoms with Gasteiger partial charge in [-0.25, -0.2) is 0 Å². The predicted molar refractivity (Wildman–Crippen MR) is 363 cm³/mol. The Morgan fingerprint density at radius 2 is 0.614 bits per heavy atom. The second-order valence-electron chi connectivity index (χ2n) is 33.2. The van der Waals surface area contributed by atoms with E-state index in [4.69, 9.17) is 9.47 Å². The molecule has 0 bridgehead atoms. The molecule has 5 atom stereocenters. The highest BCUT2D eigenvalue weighted by molar-refractivity contribution is 6.86. The Hall–Kier alpha value is -0.166. The van der Waals surface area contributed by atoms with E-state index in [1.165, 1.54) is 149 Å². The highest BCUT2D eigenvalue weighted by Gasteiger charge is 2.59. The van der Waals surface area contributed by atoms with Crippen LogP contribution in [0.25, 0.3) is 0 Å². The Labute approximate surface area is 518 Å². The molecule has 474 valence electrons. The summed E-state index contributed by atoms with van der Waals surface area (Å²) in [5.74, 6) is 7.04. The third-order valence-corrected chi connectivity index (χ3v) is 45.3. The third-order valence-electron chi connectivity index (χ3n) is 29.3. The lowest BCUT2D eigenvalue weighted by Gasteiger charge is -2.58. The molecule has 11 aliphatic carbocycles. The molecule has 83 heavy (non-hydrogen) atoms. The first-order chi connectivity index (χ1) is 41.0. The van der Waals surface area contributed by atoms with E-state index in [1.807, 2.05) is 0 Å². The highest BCUT2D eigenvalue weighted by atomic mass is 28.3. The van der Waals surface area contributed by atoms with Gasteiger partial charge in [0.1, 0.15) is 0 Å². The maximum atomic E-state index is 7.40. The first-order valence-corrected chi connectivity index (χ1v) is 44.1. The monoisotopic (exact) mass is 1180 g/mol. The second kappa shape index (κ2) is 32.7. The highest BCUT2D eigenvalue weighted by Crippen LogP contribution is 2.66. The molecule has 0 N–H and O–H groups in total. The van der Waals surface area contributed by atoms with Gasteiger partial charge in [0.15, 0.2) is 0 Å². The van der Waals surface area contributed by atoms with Crippen LogP contribution in [0, 0.1) is 53.3 Å². The summed E-state index contributed by atoms with van der Waals surface area (Å²) >= 11 is 0. The van der Waals surface area contributed by atoms with Crippen molar-refractivity contribution in [3.63, 3.8) is 0 Å². The largest absolute Gasteiger partial charge is 0.381 e. The Morgan fingerprint density at radius 3 is 0.904 bits per heavy atom. The number of rotatable bonds is 22. The number of hydrogen-bond donors (Lipinski definition) is 0. The lowest BCUT2D eigenvalue weighted by Crippen LogP contribution is -2.55. The molecule has 0 amide bonds. The van der Waals surface area contributed by atoms with E-state index in [0.717, 1.165) is 59.1 Å². The number of ether oxygens (including phenoxy) is 2. The minimum atomic E-state index is -1.42. The Balaban J connectivity index is 0.681. The quantitative estimate of drug-likeness (QED) is 0.0795. The van der Waals surface area contributed by atoms with Gasteiger partial charge in [0.05, 0.1) is 28.4 Å². The van der Waals surface area contributed by atoms with Crippen LogP contribution in [0.5, 0.6) is 0 Å². The minimum absolute atomic E-state index is 0.421. The molecule has 11 rings (SSSR count). The molecule has 0 heterocycles. The molecular weight excluding hydrogens is 1040 g/mol. The fourth-order valence-corrected chi connectivity index (χ4v) is 44.3. The SMILES string of the molecule is CCCCC(CC)COC1CC(C2CCC(/C=C/C3CCC([Si](C4CCCCC4)(C4CCCCC4)C4CCCCC4)CC3)CC2)C(OC)CC1C1CCC(/C=C/C2CCC([Si](C3CCCCC3)(C3CCCCC3)C3CCCCC3)CC2)CC1. The zero-order chi connectivity index (χ0) is 56.7. The van der Waals surface area contributed by atoms with Gasteiger partial charge in [-0.2, -0.15) is 0 Å². The number of allylic oxidation sites excluding steroid dienone is 4. The molecule has 0 aromatic rings. The predicted octanol–water partition coefficient (Wildman–Crippen LogP) is 25.4. The second-order valence-corrected chi connectivity index (χ2v) is 43.7. The van der Waals surface area contributed by atoms with Crippen LogP contribution in [0.1, 0.15) is 348 Å². The fraction of sp³-hybridized carbons (Fsp3) is 0.949. The fourth-order valence-electron chi connectivity index (χ4n) is 25.2. The summed E-state index contributed by atoms with van der Waals surface area (Å²) in [4.78, 5) is 0. The van der Waals surface area contributed by atoms with Crippen molar-refractivity contribution in [3.8, 4) is 0 Å². The van der Waals surface area contributed by atoms with Crippen LogP contribution < -0.4 is 0 Å². The van der Waals surface area contributed by atoms with E-state index in [9.17, 15) is 0 Å². The van der Waals surface area contributed by atoms with E-state index >= 15 is 0 Å². The first kappa shape index (κ1) is 64.4. The van der Waals surface area contributed by atoms with Gasteiger partial charge in [0.25, 0.3) is 0 Å². The zero-order valence-electron chi connectivity index (χ0n) is 55.6. The molecule has 5 unspecified atom stereocenters. The van der Waals surface area contributed by atoms with Crippen molar-refractivity contribution in [3.05, 3.63) is 24.3 Å². The van der Waals surface area contributed by atoms with E-state index < -0.39 is 16.1 Å². The molecule has 11 aliphatic rings. The molecule has 0 aromatic carbocycles. The van der Waals surface area contributed by atoms with Gasteiger partial charge in [0.2, 0.25) is 0 Å². The smallest absolute Gasteiger partial charge is 0.0660 e. The maximum absolute atomic E-state index is 7.40. The number of unbranched alkanes of at least 4 members (excludes halogenated alkanes) is 1. The molecule has 0 radical (unpaired) electrons. The summed E-state index contributed by atoms with van der Waals surface area (Å²) in [5.41, 5.74) is 9.42. The molecule has 11 saturated carbocycles. The van der Waals surface area contributed by atoms with Crippen LogP contribution in [0.4, 0.5) is 0 Å². The van der Waals surface area contributed by atoms with Gasteiger partial charge in [-0.05, 0) is 194 Å². The van der Waals surface area contributed by atoms with Gasteiger partial charge < -0.3 is 9.47 Å². The molecule has 0 aromatic heterocycles. The Bertz CT molecular complexity index is 1750. The van der Waals surface area contributed by atoms with Crippen LogP contribution in [0.3, 0.4) is 0 Å². The summed E-state index contributed by atoms with van der Waals surface area (Å²) in [7, 11) is -0.749. The Morgan fingerprint density at radius 1 is 0.337 bits per heavy atom. The van der Waals surface area contributed by atoms with Crippen molar-refractivity contribution in [2.24, 2.45) is 53.3 Å². The van der Waals surface area contributed by atoms with Gasteiger partial charge in [0, 0.05) is 13.7 Å². The van der Waals surface area contributed by atoms with Gasteiger partial charge in [-0.15, -0.1) is 0 Å². The van der Waals surface area contributed by atoms with E-state index in [2.05, 4.69) is 45.3 Å². The standard InChI is InChI=1S/C79H138O2Si2/c1-4-6-25-61(5-2)60-81-79-59-76(66-50-42-62(43-51-66)38-40-64-46-54-74(55-47-64)82(68-26-13-7-14-27-68,69-28-15-8-16-29-69)70-30-17-9-18-31-70)78(80-3)58-77(79)67-52-44-63(45-53-67)39-41-65-48-56-75(57-49-65)83(71-32-19-10-20-33-71,72-34-21-11-22-35-72)73-36-23-12-24-37-73/h38-41,61-79H,4-37,42-60H2,1-3H3/b40-38+,41-39+. The van der Waals surface area contributed by atoms with Crippen molar-refractivity contribution < 1.29 is 9.47 Å². The summed E-state index contributed by atoms with van der Waals surface area (Å²) in [6.45, 7) is 5.81. The van der Waals surface area contributed by atoms with Crippen LogP contribution in [-0.4, -0.2) is 42.1 Å². The molecular formula is C79H138O2Si2. The van der Waals surface area contributed by atoms with E-state index in [1.54, 1.807) is 218 Å². The zero-order valence-corrected chi connectivity index (χ0v) is 57.6. The van der Waals surface area contributed by atoms with Gasteiger partial charge in [-0.3, -0.25) is 0 Å². The molecule has 0 saturated heterocycles. The van der Waals surface area contributed by atoms with Crippen LogP contribution in [-0.2, 0) is 9.47 Å². The maximum Gasteiger partial charge on any atom is 0.0660 e. The minimum Gasteiger partial charge on any atom is -0.381 e. The van der Waals surface area contributed by atoms with E-state index in [0.29, 0.717) is 24.0 Å². The normalized spacial score (nSPS) is 37.1. The average Bonchev–Trinajstić information content (AvgIpc) is 3.70. The van der Waals surface area contributed by atoms with Gasteiger partial charge in [-0.1, -0.05) is 276 Å². The van der Waals surface area contributed by atoms with Crippen molar-refractivity contribution in [2.45, 2.75) is 404 Å². The molecule has 0 aliphatic heterocycles. The Kier molecular flexibility index (Phi) is 25.4. The number of hydrogen-bond acceptors (Lipinski definition) is 2. The first-order valence-electron chi connectivity index (χ1n) is 39.5. The van der Waals surface area contributed by atoms with Crippen molar-refractivity contribution in [1.82, 2.24) is 0 Å². The van der Waals surface area contributed by atoms with Crippen molar-refractivity contribution >= 4 is 16.1 Å². The summed E-state index contributed by atoms with van der Waals surface area (Å²) < 4.78 is 14.1.